The highest BCUT2D eigenvalue weighted by Crippen LogP contribution is 2.28. The summed E-state index contributed by atoms with van der Waals surface area (Å²) in [7, 11) is 0. The average Bonchev–Trinajstić information content (AvgIpc) is 2.60. The first-order chi connectivity index (χ1) is 6.79. The molecule has 14 heavy (non-hydrogen) atoms. The Labute approximate surface area is 86.9 Å². The summed E-state index contributed by atoms with van der Waals surface area (Å²) in [5.41, 5.74) is 1.17. The molecule has 1 aliphatic rings. The monoisotopic (exact) mass is 192 g/mol. The Hall–Kier alpha value is -0.850. The summed E-state index contributed by atoms with van der Waals surface area (Å²) in [5, 5.41) is 0. The number of rotatable bonds is 5. The number of Topliss-reactive ketones (excluding diaryl/α,β-unsaturated/α-hetero) is 1. The zero-order chi connectivity index (χ0) is 10.4. The standard InChI is InChI=1S/C13H20O/c1-3-5-6-8-11(4-2)12-9-7-10-13(12)14/h4,8,12H,2-3,5-7,9-10H2,1H3. The Kier molecular flexibility index (Phi) is 4.64. The number of carbonyl (C=O) groups is 1. The van der Waals surface area contributed by atoms with Crippen LogP contribution in [0, 0.1) is 5.92 Å². The molecule has 1 fully saturated rings. The maximum absolute atomic E-state index is 11.5. The molecule has 0 spiro atoms. The van der Waals surface area contributed by atoms with Gasteiger partial charge in [-0.25, -0.2) is 0 Å². The lowest BCUT2D eigenvalue weighted by Crippen LogP contribution is -2.07. The van der Waals surface area contributed by atoms with Crippen molar-refractivity contribution in [3.05, 3.63) is 24.3 Å². The third kappa shape index (κ3) is 2.83. The van der Waals surface area contributed by atoms with E-state index < -0.39 is 0 Å². The van der Waals surface area contributed by atoms with Gasteiger partial charge in [-0.2, -0.15) is 0 Å². The molecular formula is C13H20O. The van der Waals surface area contributed by atoms with Crippen molar-refractivity contribution >= 4 is 5.78 Å². The van der Waals surface area contributed by atoms with E-state index in [2.05, 4.69) is 19.6 Å². The predicted octanol–water partition coefficient (Wildman–Crippen LogP) is 3.66. The van der Waals surface area contributed by atoms with Crippen molar-refractivity contribution in [2.24, 2.45) is 5.92 Å². The highest BCUT2D eigenvalue weighted by molar-refractivity contribution is 5.86. The third-order valence-electron chi connectivity index (χ3n) is 2.88. The molecule has 0 amide bonds. The van der Waals surface area contributed by atoms with Crippen LogP contribution in [0.3, 0.4) is 0 Å². The van der Waals surface area contributed by atoms with E-state index in [4.69, 9.17) is 0 Å². The van der Waals surface area contributed by atoms with Gasteiger partial charge in [-0.1, -0.05) is 38.5 Å². The molecule has 0 bridgehead atoms. The van der Waals surface area contributed by atoms with Gasteiger partial charge in [-0.05, 0) is 24.8 Å². The molecular weight excluding hydrogens is 172 g/mol. The third-order valence-corrected chi connectivity index (χ3v) is 2.88. The van der Waals surface area contributed by atoms with Gasteiger partial charge < -0.3 is 0 Å². The maximum atomic E-state index is 11.5. The van der Waals surface area contributed by atoms with Crippen molar-refractivity contribution < 1.29 is 4.79 Å². The smallest absolute Gasteiger partial charge is 0.140 e. The van der Waals surface area contributed by atoms with E-state index in [1.807, 2.05) is 6.08 Å². The highest BCUT2D eigenvalue weighted by Gasteiger charge is 2.25. The first-order valence-corrected chi connectivity index (χ1v) is 5.64. The molecule has 0 heterocycles. The molecule has 0 aromatic heterocycles. The van der Waals surface area contributed by atoms with Crippen LogP contribution in [0.4, 0.5) is 0 Å². The van der Waals surface area contributed by atoms with Crippen LogP contribution >= 0.6 is 0 Å². The number of ketones is 1. The predicted molar refractivity (Wildman–Crippen MR) is 60.2 cm³/mol. The lowest BCUT2D eigenvalue weighted by atomic mass is 9.95. The first kappa shape index (κ1) is 11.2. The minimum Gasteiger partial charge on any atom is -0.299 e. The topological polar surface area (TPSA) is 17.1 Å². The van der Waals surface area contributed by atoms with Gasteiger partial charge >= 0.3 is 0 Å². The number of unbranched alkanes of at least 4 members (excludes halogenated alkanes) is 2. The van der Waals surface area contributed by atoms with Crippen LogP contribution < -0.4 is 0 Å². The van der Waals surface area contributed by atoms with Crippen LogP contribution in [0.15, 0.2) is 24.3 Å². The molecule has 1 unspecified atom stereocenters. The summed E-state index contributed by atoms with van der Waals surface area (Å²) in [5.74, 6) is 0.581. The molecule has 0 radical (unpaired) electrons. The van der Waals surface area contributed by atoms with Crippen molar-refractivity contribution in [3.63, 3.8) is 0 Å². The Morgan fingerprint density at radius 3 is 2.93 bits per heavy atom. The Morgan fingerprint density at radius 2 is 2.43 bits per heavy atom. The van der Waals surface area contributed by atoms with E-state index in [1.54, 1.807) is 0 Å². The van der Waals surface area contributed by atoms with E-state index in [-0.39, 0.29) is 5.92 Å². The largest absolute Gasteiger partial charge is 0.299 e. The lowest BCUT2D eigenvalue weighted by Gasteiger charge is -2.08. The minimum absolute atomic E-state index is 0.171. The van der Waals surface area contributed by atoms with Crippen molar-refractivity contribution in [2.75, 3.05) is 0 Å². The summed E-state index contributed by atoms with van der Waals surface area (Å²) in [6.45, 7) is 5.98. The van der Waals surface area contributed by atoms with Crippen molar-refractivity contribution in [2.45, 2.75) is 45.4 Å². The Morgan fingerprint density at radius 1 is 1.64 bits per heavy atom. The van der Waals surface area contributed by atoms with Gasteiger partial charge in [0, 0.05) is 12.3 Å². The fraction of sp³-hybridized carbons (Fsp3) is 0.615. The van der Waals surface area contributed by atoms with Gasteiger partial charge in [0.2, 0.25) is 0 Å². The van der Waals surface area contributed by atoms with Crippen LogP contribution in [-0.2, 0) is 4.79 Å². The molecule has 0 aromatic carbocycles. The summed E-state index contributed by atoms with van der Waals surface area (Å²) >= 11 is 0. The van der Waals surface area contributed by atoms with Crippen molar-refractivity contribution in [3.8, 4) is 0 Å². The SMILES string of the molecule is C=CC(=CCCCC)C1CCCC1=O. The number of carbonyl (C=O) groups excluding carboxylic acids is 1. The Balaban J connectivity index is 2.56. The number of allylic oxidation sites excluding steroid dienone is 3. The van der Waals surface area contributed by atoms with E-state index in [0.29, 0.717) is 5.78 Å². The second-order valence-electron chi connectivity index (χ2n) is 3.96. The van der Waals surface area contributed by atoms with Gasteiger partial charge in [-0.15, -0.1) is 0 Å². The normalized spacial score (nSPS) is 22.8. The summed E-state index contributed by atoms with van der Waals surface area (Å²) in [6, 6.07) is 0. The van der Waals surface area contributed by atoms with Gasteiger partial charge in [0.15, 0.2) is 0 Å². The van der Waals surface area contributed by atoms with Gasteiger partial charge in [0.1, 0.15) is 5.78 Å². The van der Waals surface area contributed by atoms with Gasteiger partial charge in [-0.3, -0.25) is 4.79 Å². The van der Waals surface area contributed by atoms with E-state index in [0.717, 1.165) is 25.7 Å². The second kappa shape index (κ2) is 5.79. The molecule has 1 atom stereocenters. The van der Waals surface area contributed by atoms with Gasteiger partial charge in [0.25, 0.3) is 0 Å². The first-order valence-electron chi connectivity index (χ1n) is 5.64. The quantitative estimate of drug-likeness (QED) is 0.480. The van der Waals surface area contributed by atoms with Crippen LogP contribution in [0.1, 0.15) is 45.4 Å². The molecule has 1 heteroatoms. The molecule has 1 aliphatic carbocycles. The fourth-order valence-corrected chi connectivity index (χ4v) is 2.01. The van der Waals surface area contributed by atoms with Crippen LogP contribution in [0.2, 0.25) is 0 Å². The lowest BCUT2D eigenvalue weighted by molar-refractivity contribution is -0.119. The summed E-state index contributed by atoms with van der Waals surface area (Å²) in [4.78, 5) is 11.5. The van der Waals surface area contributed by atoms with Crippen molar-refractivity contribution in [1.29, 1.82) is 0 Å². The van der Waals surface area contributed by atoms with Crippen LogP contribution in [-0.4, -0.2) is 5.78 Å². The number of hydrogen-bond acceptors (Lipinski definition) is 1. The van der Waals surface area contributed by atoms with E-state index in [9.17, 15) is 4.79 Å². The van der Waals surface area contributed by atoms with Crippen molar-refractivity contribution in [1.82, 2.24) is 0 Å². The molecule has 78 valence electrons. The average molecular weight is 192 g/mol. The molecule has 1 saturated carbocycles. The second-order valence-corrected chi connectivity index (χ2v) is 3.96. The van der Waals surface area contributed by atoms with E-state index in [1.165, 1.54) is 18.4 Å². The zero-order valence-electron chi connectivity index (χ0n) is 9.09. The maximum Gasteiger partial charge on any atom is 0.140 e. The summed E-state index contributed by atoms with van der Waals surface area (Å²) < 4.78 is 0. The molecule has 0 aromatic rings. The highest BCUT2D eigenvalue weighted by atomic mass is 16.1. The fourth-order valence-electron chi connectivity index (χ4n) is 2.01. The molecule has 0 N–H and O–H groups in total. The van der Waals surface area contributed by atoms with Gasteiger partial charge in [0.05, 0.1) is 0 Å². The molecule has 0 saturated heterocycles. The zero-order valence-corrected chi connectivity index (χ0v) is 9.09. The number of hydrogen-bond donors (Lipinski definition) is 0. The summed E-state index contributed by atoms with van der Waals surface area (Å²) in [6.07, 6.45) is 10.4. The van der Waals surface area contributed by atoms with Crippen LogP contribution in [0.5, 0.6) is 0 Å². The molecule has 1 rings (SSSR count). The van der Waals surface area contributed by atoms with Crippen LogP contribution in [0.25, 0.3) is 0 Å². The van der Waals surface area contributed by atoms with E-state index >= 15 is 0 Å². The molecule has 1 nitrogen and oxygen atoms in total. The minimum atomic E-state index is 0.171. The Bertz CT molecular complexity index is 238. The molecule has 0 aliphatic heterocycles.